The Morgan fingerprint density at radius 1 is 1.00 bits per heavy atom. The third-order valence-corrected chi connectivity index (χ3v) is 3.42. The molecular formula is C12H10Cl2N2S. The molecule has 0 saturated carbocycles. The number of rotatable bonds is 2. The van der Waals surface area contributed by atoms with E-state index in [4.69, 9.17) is 23.2 Å². The molecule has 0 bridgehead atoms. The van der Waals surface area contributed by atoms with E-state index in [0.717, 1.165) is 5.56 Å². The van der Waals surface area contributed by atoms with Crippen molar-refractivity contribution in [1.82, 2.24) is 9.97 Å². The molecule has 1 heterocycles. The molecule has 0 atom stereocenters. The zero-order valence-corrected chi connectivity index (χ0v) is 11.7. The van der Waals surface area contributed by atoms with E-state index in [9.17, 15) is 0 Å². The highest BCUT2D eigenvalue weighted by Crippen LogP contribution is 2.33. The first kappa shape index (κ1) is 12.7. The Morgan fingerprint density at radius 3 is 2.00 bits per heavy atom. The van der Waals surface area contributed by atoms with E-state index >= 15 is 0 Å². The minimum absolute atomic E-state index is 0.387. The first-order valence-corrected chi connectivity index (χ1v) is 6.94. The summed E-state index contributed by atoms with van der Waals surface area (Å²) in [5, 5.41) is 1.35. The van der Waals surface area contributed by atoms with Gasteiger partial charge < -0.3 is 0 Å². The Kier molecular flexibility index (Phi) is 3.92. The smallest absolute Gasteiger partial charge is 0.190 e. The van der Waals surface area contributed by atoms with Gasteiger partial charge in [0.2, 0.25) is 0 Å². The van der Waals surface area contributed by atoms with Crippen LogP contribution in [0.4, 0.5) is 0 Å². The summed E-state index contributed by atoms with van der Waals surface area (Å²) >= 11 is 13.7. The monoisotopic (exact) mass is 284 g/mol. The van der Waals surface area contributed by atoms with Gasteiger partial charge in [-0.1, -0.05) is 64.8 Å². The lowest BCUT2D eigenvalue weighted by atomic mass is 10.1. The molecule has 2 aromatic rings. The second-order valence-corrected chi connectivity index (χ2v) is 5.02. The van der Waals surface area contributed by atoms with Crippen LogP contribution >= 0.6 is 35.0 Å². The summed E-state index contributed by atoms with van der Waals surface area (Å²) in [7, 11) is 0. The van der Waals surface area contributed by atoms with E-state index < -0.39 is 0 Å². The predicted octanol–water partition coefficient (Wildman–Crippen LogP) is 4.48. The van der Waals surface area contributed by atoms with Gasteiger partial charge in [-0.15, -0.1) is 0 Å². The van der Waals surface area contributed by atoms with Gasteiger partial charge in [-0.2, -0.15) is 0 Å². The van der Waals surface area contributed by atoms with Crippen molar-refractivity contribution in [3.63, 3.8) is 0 Å². The van der Waals surface area contributed by atoms with Crippen LogP contribution in [-0.2, 0) is 0 Å². The Balaban J connectivity index is 2.55. The van der Waals surface area contributed by atoms with Gasteiger partial charge in [0.05, 0.1) is 5.56 Å². The number of aryl methyl sites for hydroxylation is 1. The number of hydrogen-bond acceptors (Lipinski definition) is 3. The second kappa shape index (κ2) is 5.25. The third-order valence-electron chi connectivity index (χ3n) is 2.32. The molecule has 0 aliphatic carbocycles. The lowest BCUT2D eigenvalue weighted by molar-refractivity contribution is 0.974. The maximum absolute atomic E-state index is 6.14. The molecule has 0 aliphatic rings. The molecule has 2 nitrogen and oxygen atoms in total. The van der Waals surface area contributed by atoms with Gasteiger partial charge in [0, 0.05) is 0 Å². The lowest BCUT2D eigenvalue weighted by Gasteiger charge is -2.07. The van der Waals surface area contributed by atoms with Gasteiger partial charge in [-0.05, 0) is 18.7 Å². The average Bonchev–Trinajstić information content (AvgIpc) is 2.30. The Labute approximate surface area is 114 Å². The summed E-state index contributed by atoms with van der Waals surface area (Å²) in [5.41, 5.74) is 2.80. The Bertz CT molecular complexity index is 518. The molecule has 1 aromatic heterocycles. The fourth-order valence-corrected chi connectivity index (χ4v) is 2.51. The molecule has 0 radical (unpaired) electrons. The van der Waals surface area contributed by atoms with E-state index in [0.29, 0.717) is 21.0 Å². The van der Waals surface area contributed by atoms with Crippen LogP contribution in [0.2, 0.25) is 10.3 Å². The molecule has 5 heteroatoms. The summed E-state index contributed by atoms with van der Waals surface area (Å²) in [4.78, 5) is 8.37. The zero-order valence-electron chi connectivity index (χ0n) is 9.37. The summed E-state index contributed by atoms with van der Waals surface area (Å²) in [5.74, 6) is 0. The number of nitrogens with zero attached hydrogens (tertiary/aromatic N) is 2. The van der Waals surface area contributed by atoms with Crippen LogP contribution in [0.25, 0.3) is 11.1 Å². The third kappa shape index (κ3) is 2.73. The number of benzene rings is 1. The Morgan fingerprint density at radius 2 is 1.53 bits per heavy atom. The molecule has 0 N–H and O–H groups in total. The lowest BCUT2D eigenvalue weighted by Crippen LogP contribution is -1.92. The van der Waals surface area contributed by atoms with E-state index in [1.54, 1.807) is 0 Å². The van der Waals surface area contributed by atoms with Crippen molar-refractivity contribution in [2.45, 2.75) is 12.1 Å². The van der Waals surface area contributed by atoms with E-state index in [2.05, 4.69) is 9.97 Å². The minimum Gasteiger partial charge on any atom is -0.210 e. The molecule has 0 spiro atoms. The topological polar surface area (TPSA) is 25.8 Å². The van der Waals surface area contributed by atoms with Crippen LogP contribution in [0.1, 0.15) is 5.56 Å². The van der Waals surface area contributed by atoms with Gasteiger partial charge >= 0.3 is 0 Å². The fourth-order valence-electron chi connectivity index (χ4n) is 1.44. The highest BCUT2D eigenvalue weighted by atomic mass is 35.5. The van der Waals surface area contributed by atoms with E-state index in [-0.39, 0.29) is 0 Å². The van der Waals surface area contributed by atoms with Crippen LogP contribution in [0.15, 0.2) is 29.4 Å². The highest BCUT2D eigenvalue weighted by Gasteiger charge is 2.13. The highest BCUT2D eigenvalue weighted by molar-refractivity contribution is 7.98. The van der Waals surface area contributed by atoms with Crippen molar-refractivity contribution in [3.05, 3.63) is 40.1 Å². The maximum atomic E-state index is 6.14. The fraction of sp³-hybridized carbons (Fsp3) is 0.167. The van der Waals surface area contributed by atoms with Crippen molar-refractivity contribution in [3.8, 4) is 11.1 Å². The Hall–Kier alpha value is -0.770. The maximum Gasteiger partial charge on any atom is 0.190 e. The number of halogens is 2. The van der Waals surface area contributed by atoms with E-state index in [1.807, 2.05) is 37.4 Å². The molecule has 0 saturated heterocycles. The summed E-state index contributed by atoms with van der Waals surface area (Å²) < 4.78 is 0. The number of thioether (sulfide) groups is 1. The molecule has 2 rings (SSSR count). The van der Waals surface area contributed by atoms with Crippen molar-refractivity contribution in [2.24, 2.45) is 0 Å². The predicted molar refractivity (Wildman–Crippen MR) is 74.0 cm³/mol. The molecule has 17 heavy (non-hydrogen) atoms. The van der Waals surface area contributed by atoms with Crippen LogP contribution in [-0.4, -0.2) is 16.2 Å². The van der Waals surface area contributed by atoms with Gasteiger partial charge in [0.15, 0.2) is 5.16 Å². The van der Waals surface area contributed by atoms with Crippen molar-refractivity contribution in [2.75, 3.05) is 6.26 Å². The quantitative estimate of drug-likeness (QED) is 0.462. The molecule has 0 fully saturated rings. The van der Waals surface area contributed by atoms with Gasteiger partial charge in [-0.3, -0.25) is 0 Å². The van der Waals surface area contributed by atoms with Gasteiger partial charge in [0.1, 0.15) is 10.3 Å². The van der Waals surface area contributed by atoms with Crippen LogP contribution < -0.4 is 0 Å². The number of aromatic nitrogens is 2. The number of hydrogen-bond donors (Lipinski definition) is 0. The second-order valence-electron chi connectivity index (χ2n) is 3.53. The molecule has 1 aromatic carbocycles. The first-order chi connectivity index (χ1) is 8.11. The normalized spacial score (nSPS) is 10.6. The standard InChI is InChI=1S/C12H10Cl2N2S/c1-7-3-5-8(6-4-7)9-10(13)15-12(17-2)16-11(9)14/h3-6H,1-2H3. The van der Waals surface area contributed by atoms with E-state index in [1.165, 1.54) is 17.3 Å². The summed E-state index contributed by atoms with van der Waals surface area (Å²) in [6.45, 7) is 2.03. The van der Waals surface area contributed by atoms with Gasteiger partial charge in [0.25, 0.3) is 0 Å². The van der Waals surface area contributed by atoms with Crippen LogP contribution in [0.5, 0.6) is 0 Å². The summed E-state index contributed by atoms with van der Waals surface area (Å²) in [6, 6.07) is 7.93. The van der Waals surface area contributed by atoms with Crippen molar-refractivity contribution in [1.29, 1.82) is 0 Å². The van der Waals surface area contributed by atoms with Crippen LogP contribution in [0, 0.1) is 6.92 Å². The molecular weight excluding hydrogens is 275 g/mol. The van der Waals surface area contributed by atoms with Gasteiger partial charge in [-0.25, -0.2) is 9.97 Å². The molecule has 0 unspecified atom stereocenters. The summed E-state index contributed by atoms with van der Waals surface area (Å²) in [6.07, 6.45) is 1.88. The van der Waals surface area contributed by atoms with Crippen LogP contribution in [0.3, 0.4) is 0 Å². The average molecular weight is 285 g/mol. The molecule has 0 aliphatic heterocycles. The minimum atomic E-state index is 0.387. The molecule has 88 valence electrons. The first-order valence-electron chi connectivity index (χ1n) is 4.96. The van der Waals surface area contributed by atoms with Crippen molar-refractivity contribution < 1.29 is 0 Å². The molecule has 0 amide bonds. The largest absolute Gasteiger partial charge is 0.210 e. The van der Waals surface area contributed by atoms with Crippen molar-refractivity contribution >= 4 is 35.0 Å². The SMILES string of the molecule is CSc1nc(Cl)c(-c2ccc(C)cc2)c(Cl)n1. The zero-order chi connectivity index (χ0) is 12.4.